The van der Waals surface area contributed by atoms with Gasteiger partial charge < -0.3 is 14.7 Å². The van der Waals surface area contributed by atoms with Crippen LogP contribution in [0.3, 0.4) is 0 Å². The number of carbonyl (C=O) groups excluding carboxylic acids is 1. The number of aliphatic hydroxyl groups is 1. The molecule has 2 aromatic rings. The summed E-state index contributed by atoms with van der Waals surface area (Å²) in [5.74, 6) is -1.03. The summed E-state index contributed by atoms with van der Waals surface area (Å²) in [7, 11) is -4.07. The first-order chi connectivity index (χ1) is 21.4. The third-order valence-corrected chi connectivity index (χ3v) is 12.6. The topological polar surface area (TPSA) is 99.2 Å². The summed E-state index contributed by atoms with van der Waals surface area (Å²) in [6, 6.07) is 10.2. The first-order valence-corrected chi connectivity index (χ1v) is 18.0. The van der Waals surface area contributed by atoms with Gasteiger partial charge in [0.15, 0.2) is 0 Å². The summed E-state index contributed by atoms with van der Waals surface area (Å²) >= 11 is 6.40. The summed E-state index contributed by atoms with van der Waals surface area (Å²) < 4.78 is 51.3. The van der Waals surface area contributed by atoms with E-state index < -0.39 is 45.1 Å². The molecule has 1 saturated heterocycles. The van der Waals surface area contributed by atoms with Crippen molar-refractivity contribution in [2.24, 2.45) is 5.92 Å². The number of rotatable bonds is 1. The van der Waals surface area contributed by atoms with E-state index >= 15 is 4.39 Å². The second kappa shape index (κ2) is 12.5. The van der Waals surface area contributed by atoms with Gasteiger partial charge in [-0.25, -0.2) is 17.5 Å². The Hall–Kier alpha value is -2.66. The number of hydrogen-bond acceptors (Lipinski definition) is 7. The van der Waals surface area contributed by atoms with Crippen LogP contribution in [0.15, 0.2) is 48.3 Å². The Bertz CT molecular complexity index is 1600. The van der Waals surface area contributed by atoms with Crippen LogP contribution in [-0.2, 0) is 21.9 Å². The lowest BCUT2D eigenvalue weighted by molar-refractivity contribution is 0.0611. The third-order valence-electron chi connectivity index (χ3n) is 10.5. The summed E-state index contributed by atoms with van der Waals surface area (Å²) in [5.41, 5.74) is 2.97. The van der Waals surface area contributed by atoms with Crippen LogP contribution in [0.2, 0.25) is 5.02 Å². The maximum Gasteiger partial charge on any atom is 0.264 e. The zero-order chi connectivity index (χ0) is 32.1. The molecule has 1 spiro atoms. The van der Waals surface area contributed by atoms with Crippen molar-refractivity contribution in [1.29, 1.82) is 0 Å². The first kappa shape index (κ1) is 32.3. The van der Waals surface area contributed by atoms with Crippen molar-refractivity contribution in [1.82, 2.24) is 9.62 Å². The van der Waals surface area contributed by atoms with Crippen LogP contribution in [0.25, 0.3) is 0 Å². The smallest absolute Gasteiger partial charge is 0.264 e. The van der Waals surface area contributed by atoms with Crippen LogP contribution in [0.5, 0.6) is 5.75 Å². The Labute approximate surface area is 270 Å². The number of amides is 1. The SMILES string of the molecule is C[C@@H]1[C@@H](C)C/C=C(\F)[C@H]([C@@H](C)O)N2CCC[C@H]2CN2C[C@@]3(CCCc4cc(Cl)ccc43)COc3ccc(cc32)C(=O)NS1(=O)=O. The first-order valence-electron chi connectivity index (χ1n) is 16.0. The molecule has 3 heterocycles. The van der Waals surface area contributed by atoms with Gasteiger partial charge in [0.05, 0.1) is 29.7 Å². The fourth-order valence-electron chi connectivity index (χ4n) is 7.79. The maximum atomic E-state index is 16.0. The van der Waals surface area contributed by atoms with Crippen LogP contribution in [0, 0.1) is 5.92 Å². The largest absolute Gasteiger partial charge is 0.490 e. The predicted molar refractivity (Wildman–Crippen MR) is 174 cm³/mol. The molecule has 45 heavy (non-hydrogen) atoms. The van der Waals surface area contributed by atoms with Crippen LogP contribution in [0.1, 0.15) is 74.4 Å². The van der Waals surface area contributed by atoms with Crippen molar-refractivity contribution in [3.63, 3.8) is 0 Å². The van der Waals surface area contributed by atoms with E-state index in [0.717, 1.165) is 32.1 Å². The summed E-state index contributed by atoms with van der Waals surface area (Å²) in [6.07, 6.45) is 5.08. The zero-order valence-electron chi connectivity index (χ0n) is 26.1. The van der Waals surface area contributed by atoms with Gasteiger partial charge in [0, 0.05) is 35.1 Å². The summed E-state index contributed by atoms with van der Waals surface area (Å²) in [5, 5.41) is 10.6. The standard InChI is InChI=1S/C34H43ClFN3O5S/c1-21-8-12-29(36)32(22(2)40)39-15-5-7-27(39)18-38-19-34(14-4-6-24-16-26(35)10-11-28(24)34)20-44-31-13-9-25(17-30(31)38)33(41)37-45(42,43)23(21)3/h9-13,16-17,21-23,27,32,40H,4-8,14-15,18-20H2,1-3H3,(H,37,41)/b29-12-/t21-,22+,23+,27-,32-,34-/m0/s1. The van der Waals surface area contributed by atoms with Crippen molar-refractivity contribution in [2.75, 3.05) is 31.1 Å². The molecule has 2 N–H and O–H groups in total. The number of aliphatic hydroxyl groups excluding tert-OH is 1. The number of nitrogens with one attached hydrogen (secondary N) is 1. The van der Waals surface area contributed by atoms with Crippen molar-refractivity contribution in [2.45, 2.75) is 88.1 Å². The van der Waals surface area contributed by atoms with Crippen LogP contribution in [0.4, 0.5) is 10.1 Å². The average molecular weight is 660 g/mol. The molecule has 2 bridgehead atoms. The highest BCUT2D eigenvalue weighted by Gasteiger charge is 2.44. The number of nitrogens with zero attached hydrogens (tertiary/aromatic N) is 2. The molecule has 4 aliphatic rings. The van der Waals surface area contributed by atoms with E-state index in [1.54, 1.807) is 32.0 Å². The molecule has 0 aromatic heterocycles. The number of benzene rings is 2. The van der Waals surface area contributed by atoms with E-state index in [1.807, 2.05) is 12.1 Å². The van der Waals surface area contributed by atoms with Crippen molar-refractivity contribution in [3.8, 4) is 5.75 Å². The molecule has 244 valence electrons. The molecule has 8 nitrogen and oxygen atoms in total. The number of aryl methyl sites for hydroxylation is 1. The second-order valence-electron chi connectivity index (χ2n) is 13.5. The van der Waals surface area contributed by atoms with E-state index in [-0.39, 0.29) is 23.4 Å². The van der Waals surface area contributed by atoms with Crippen LogP contribution >= 0.6 is 11.6 Å². The number of hydrogen-bond donors (Lipinski definition) is 2. The summed E-state index contributed by atoms with van der Waals surface area (Å²) in [4.78, 5) is 17.7. The Kier molecular flexibility index (Phi) is 8.97. The van der Waals surface area contributed by atoms with E-state index in [4.69, 9.17) is 16.3 Å². The lowest BCUT2D eigenvalue weighted by Gasteiger charge is -2.43. The highest BCUT2D eigenvalue weighted by molar-refractivity contribution is 7.90. The number of halogens is 2. The Morgan fingerprint density at radius 2 is 1.98 bits per heavy atom. The summed E-state index contributed by atoms with van der Waals surface area (Å²) in [6.45, 7) is 7.04. The molecule has 6 rings (SSSR count). The molecule has 0 saturated carbocycles. The Balaban J connectivity index is 1.47. The van der Waals surface area contributed by atoms with E-state index in [1.165, 1.54) is 24.1 Å². The van der Waals surface area contributed by atoms with Gasteiger partial charge in [0.25, 0.3) is 5.91 Å². The van der Waals surface area contributed by atoms with E-state index in [9.17, 15) is 18.3 Å². The van der Waals surface area contributed by atoms with Crippen molar-refractivity contribution < 1.29 is 27.4 Å². The molecule has 11 heteroatoms. The Morgan fingerprint density at radius 3 is 2.76 bits per heavy atom. The normalized spacial score (nSPS) is 32.4. The molecule has 0 unspecified atom stereocenters. The number of allylic oxidation sites excluding steroid dienone is 1. The molecule has 0 radical (unpaired) electrons. The van der Waals surface area contributed by atoms with Gasteiger partial charge in [-0.2, -0.15) is 0 Å². The molecule has 1 aliphatic carbocycles. The average Bonchev–Trinajstić information content (AvgIpc) is 3.38. The van der Waals surface area contributed by atoms with Crippen LogP contribution < -0.4 is 14.4 Å². The fraction of sp³-hybridized carbons (Fsp3) is 0.559. The minimum absolute atomic E-state index is 0.0675. The monoisotopic (exact) mass is 659 g/mol. The van der Waals surface area contributed by atoms with E-state index in [0.29, 0.717) is 42.7 Å². The number of ether oxygens (including phenoxy) is 1. The Morgan fingerprint density at radius 1 is 1.18 bits per heavy atom. The molecule has 3 aliphatic heterocycles. The van der Waals surface area contributed by atoms with Gasteiger partial charge in [-0.15, -0.1) is 0 Å². The lowest BCUT2D eigenvalue weighted by Crippen LogP contribution is -2.52. The molecule has 1 fully saturated rings. The number of fused-ring (bicyclic) bond motifs is 4. The number of anilines is 1. The van der Waals surface area contributed by atoms with Gasteiger partial charge in [0.1, 0.15) is 11.6 Å². The van der Waals surface area contributed by atoms with Gasteiger partial charge in [-0.05, 0) is 106 Å². The second-order valence-corrected chi connectivity index (χ2v) is 16.0. The highest BCUT2D eigenvalue weighted by Crippen LogP contribution is 2.45. The molecule has 6 atom stereocenters. The van der Waals surface area contributed by atoms with Gasteiger partial charge in [-0.3, -0.25) is 9.69 Å². The third kappa shape index (κ3) is 6.23. The molecular formula is C34H43ClFN3O5S. The quantitative estimate of drug-likeness (QED) is 0.425. The number of sulfonamides is 1. The van der Waals surface area contributed by atoms with Crippen LogP contribution in [-0.4, -0.2) is 74.0 Å². The lowest BCUT2D eigenvalue weighted by atomic mass is 9.70. The van der Waals surface area contributed by atoms with E-state index in [2.05, 4.69) is 20.6 Å². The van der Waals surface area contributed by atoms with Gasteiger partial charge in [0.2, 0.25) is 10.0 Å². The highest BCUT2D eigenvalue weighted by atomic mass is 35.5. The van der Waals surface area contributed by atoms with Gasteiger partial charge in [-0.1, -0.05) is 30.7 Å². The fourth-order valence-corrected chi connectivity index (χ4v) is 9.27. The molecular weight excluding hydrogens is 617 g/mol. The number of carbonyl (C=O) groups is 1. The minimum atomic E-state index is -4.07. The predicted octanol–water partition coefficient (Wildman–Crippen LogP) is 5.37. The van der Waals surface area contributed by atoms with Crippen molar-refractivity contribution >= 4 is 33.2 Å². The molecule has 2 aromatic carbocycles. The van der Waals surface area contributed by atoms with Gasteiger partial charge >= 0.3 is 0 Å². The van der Waals surface area contributed by atoms with Crippen molar-refractivity contribution in [3.05, 3.63) is 70.0 Å². The molecule has 1 amide bonds. The maximum absolute atomic E-state index is 16.0. The zero-order valence-corrected chi connectivity index (χ0v) is 27.7. The minimum Gasteiger partial charge on any atom is -0.490 e.